The van der Waals surface area contributed by atoms with Gasteiger partial charge in [-0.15, -0.1) is 10.2 Å². The third kappa shape index (κ3) is 4.90. The molecule has 35 heavy (non-hydrogen) atoms. The maximum Gasteiger partial charge on any atom is 0.277 e. The van der Waals surface area contributed by atoms with Gasteiger partial charge in [0.15, 0.2) is 17.3 Å². The molecule has 9 heteroatoms. The number of methoxy groups -OCH3 is 3. The third-order valence-electron chi connectivity index (χ3n) is 5.64. The molecule has 0 unspecified atom stereocenters. The Morgan fingerprint density at radius 2 is 1.69 bits per heavy atom. The topological polar surface area (TPSA) is 88.6 Å². The lowest BCUT2D eigenvalue weighted by Crippen LogP contribution is -2.05. The second-order valence-corrected chi connectivity index (χ2v) is 8.88. The Morgan fingerprint density at radius 1 is 0.971 bits per heavy atom. The fourth-order valence-electron chi connectivity index (χ4n) is 4.00. The number of rotatable bonds is 9. The highest BCUT2D eigenvalue weighted by atomic mass is 32.2. The number of Topliss-reactive ketones (excluding diaryl/α,β-unsaturated/α-hetero) is 1. The average Bonchev–Trinajstić information content (AvgIpc) is 3.45. The summed E-state index contributed by atoms with van der Waals surface area (Å²) >= 11 is 1.20. The molecular formula is C26H27N3O5S. The van der Waals surface area contributed by atoms with Crippen molar-refractivity contribution in [2.45, 2.75) is 26.0 Å². The van der Waals surface area contributed by atoms with Crippen LogP contribution in [0.3, 0.4) is 0 Å². The summed E-state index contributed by atoms with van der Waals surface area (Å²) in [5.41, 5.74) is 5.41. The van der Waals surface area contributed by atoms with Gasteiger partial charge in [0, 0.05) is 28.2 Å². The maximum atomic E-state index is 13.0. The van der Waals surface area contributed by atoms with Crippen LogP contribution in [0.2, 0.25) is 0 Å². The van der Waals surface area contributed by atoms with E-state index in [1.165, 1.54) is 33.1 Å². The van der Waals surface area contributed by atoms with E-state index in [9.17, 15) is 4.79 Å². The average molecular weight is 494 g/mol. The zero-order valence-corrected chi connectivity index (χ0v) is 21.4. The van der Waals surface area contributed by atoms with Gasteiger partial charge in [-0.3, -0.25) is 4.79 Å². The molecule has 0 atom stereocenters. The van der Waals surface area contributed by atoms with E-state index in [0.29, 0.717) is 33.6 Å². The fraction of sp³-hybridized carbons (Fsp3) is 0.269. The fourth-order valence-corrected chi connectivity index (χ4v) is 4.65. The summed E-state index contributed by atoms with van der Waals surface area (Å²) in [4.78, 5) is 13.0. The normalized spacial score (nSPS) is 10.9. The number of carbonyl (C=O) groups excluding carboxylic acids is 1. The Balaban J connectivity index is 1.51. The zero-order chi connectivity index (χ0) is 25.1. The van der Waals surface area contributed by atoms with E-state index in [-0.39, 0.29) is 17.4 Å². The zero-order valence-electron chi connectivity index (χ0n) is 20.5. The Morgan fingerprint density at radius 3 is 2.31 bits per heavy atom. The number of ether oxygens (including phenoxy) is 3. The first-order valence-electron chi connectivity index (χ1n) is 10.9. The van der Waals surface area contributed by atoms with Crippen molar-refractivity contribution in [2.75, 3.05) is 27.1 Å². The van der Waals surface area contributed by atoms with Crippen LogP contribution >= 0.6 is 11.8 Å². The number of hydrogen-bond acceptors (Lipinski definition) is 8. The van der Waals surface area contributed by atoms with Crippen LogP contribution in [0.25, 0.3) is 17.1 Å². The number of carbonyl (C=O) groups is 1. The molecule has 4 aromatic rings. The molecule has 0 aliphatic carbocycles. The predicted molar refractivity (Wildman–Crippen MR) is 134 cm³/mol. The van der Waals surface area contributed by atoms with Gasteiger partial charge in [0.2, 0.25) is 11.6 Å². The molecule has 0 N–H and O–H groups in total. The van der Waals surface area contributed by atoms with Gasteiger partial charge in [0.05, 0.1) is 27.1 Å². The minimum atomic E-state index is -0.00506. The van der Waals surface area contributed by atoms with Crippen molar-refractivity contribution in [3.05, 3.63) is 65.0 Å². The van der Waals surface area contributed by atoms with Gasteiger partial charge in [-0.2, -0.15) is 0 Å². The predicted octanol–water partition coefficient (Wildman–Crippen LogP) is 5.45. The SMILES string of the molecule is COc1cc(-c2nnc(SCC(=O)c3cc(C)n(-c4cccc(C)c4)c3C)o2)cc(OC)c1OC. The Kier molecular flexibility index (Phi) is 7.16. The number of benzene rings is 2. The highest BCUT2D eigenvalue weighted by Crippen LogP contribution is 2.41. The molecule has 0 radical (unpaired) electrons. The number of thioether (sulfide) groups is 1. The molecule has 0 bridgehead atoms. The van der Waals surface area contributed by atoms with Crippen LogP contribution in [0.15, 0.2) is 52.1 Å². The van der Waals surface area contributed by atoms with E-state index in [1.807, 2.05) is 32.0 Å². The molecule has 0 saturated carbocycles. The van der Waals surface area contributed by atoms with Gasteiger partial charge in [0.1, 0.15) is 0 Å². The van der Waals surface area contributed by atoms with Crippen LogP contribution < -0.4 is 14.2 Å². The minimum absolute atomic E-state index is 0.00506. The molecule has 0 aliphatic heterocycles. The third-order valence-corrected chi connectivity index (χ3v) is 6.45. The lowest BCUT2D eigenvalue weighted by atomic mass is 10.2. The first-order chi connectivity index (χ1) is 16.9. The molecule has 0 fully saturated rings. The number of hydrogen-bond donors (Lipinski definition) is 0. The molecular weight excluding hydrogens is 466 g/mol. The van der Waals surface area contributed by atoms with Crippen LogP contribution in [0.4, 0.5) is 0 Å². The van der Waals surface area contributed by atoms with Crippen LogP contribution in [0, 0.1) is 20.8 Å². The van der Waals surface area contributed by atoms with Crippen LogP contribution in [0.5, 0.6) is 17.2 Å². The standard InChI is InChI=1S/C26H27N3O5S/c1-15-8-7-9-19(10-15)29-16(2)11-20(17(29)3)21(30)14-35-26-28-27-25(34-26)18-12-22(31-4)24(33-6)23(13-18)32-5/h7-13H,14H2,1-6H3. The van der Waals surface area contributed by atoms with E-state index >= 15 is 0 Å². The summed E-state index contributed by atoms with van der Waals surface area (Å²) in [6, 6.07) is 13.6. The van der Waals surface area contributed by atoms with Gasteiger partial charge in [0.25, 0.3) is 5.22 Å². The van der Waals surface area contributed by atoms with Crippen molar-refractivity contribution in [3.63, 3.8) is 0 Å². The van der Waals surface area contributed by atoms with E-state index in [1.54, 1.807) is 12.1 Å². The molecule has 0 amide bonds. The smallest absolute Gasteiger partial charge is 0.277 e. The highest BCUT2D eigenvalue weighted by Gasteiger charge is 2.20. The second-order valence-electron chi connectivity index (χ2n) is 7.96. The summed E-state index contributed by atoms with van der Waals surface area (Å²) in [5.74, 6) is 1.89. The van der Waals surface area contributed by atoms with Crippen molar-refractivity contribution >= 4 is 17.5 Å². The first-order valence-corrected chi connectivity index (χ1v) is 11.9. The molecule has 4 rings (SSSR count). The molecule has 0 spiro atoms. The summed E-state index contributed by atoms with van der Waals surface area (Å²) in [7, 11) is 4.62. The summed E-state index contributed by atoms with van der Waals surface area (Å²) in [5, 5.41) is 8.51. The van der Waals surface area contributed by atoms with Gasteiger partial charge < -0.3 is 23.2 Å². The van der Waals surface area contributed by atoms with Crippen LogP contribution in [-0.4, -0.2) is 47.6 Å². The Hall–Kier alpha value is -3.72. The largest absolute Gasteiger partial charge is 0.493 e. The lowest BCUT2D eigenvalue weighted by molar-refractivity contribution is 0.102. The Bertz CT molecular complexity index is 1350. The summed E-state index contributed by atoms with van der Waals surface area (Å²) < 4.78 is 24.0. The molecule has 8 nitrogen and oxygen atoms in total. The van der Waals surface area contributed by atoms with Crippen molar-refractivity contribution in [1.82, 2.24) is 14.8 Å². The molecule has 0 saturated heterocycles. The van der Waals surface area contributed by atoms with E-state index in [0.717, 1.165) is 22.6 Å². The lowest BCUT2D eigenvalue weighted by Gasteiger charge is -2.12. The number of aromatic nitrogens is 3. The number of nitrogens with zero attached hydrogens (tertiary/aromatic N) is 3. The minimum Gasteiger partial charge on any atom is -0.493 e. The second kappa shape index (κ2) is 10.3. The summed E-state index contributed by atoms with van der Waals surface area (Å²) in [6.07, 6.45) is 0. The van der Waals surface area contributed by atoms with Crippen molar-refractivity contribution in [1.29, 1.82) is 0 Å². The quantitative estimate of drug-likeness (QED) is 0.225. The highest BCUT2D eigenvalue weighted by molar-refractivity contribution is 7.99. The van der Waals surface area contributed by atoms with Crippen molar-refractivity contribution < 1.29 is 23.4 Å². The summed E-state index contributed by atoms with van der Waals surface area (Å²) in [6.45, 7) is 6.01. The molecule has 182 valence electrons. The van der Waals surface area contributed by atoms with E-state index in [4.69, 9.17) is 18.6 Å². The van der Waals surface area contributed by atoms with Gasteiger partial charge in [-0.05, 0) is 56.7 Å². The molecule has 2 aromatic carbocycles. The van der Waals surface area contributed by atoms with Crippen molar-refractivity contribution in [2.24, 2.45) is 0 Å². The van der Waals surface area contributed by atoms with E-state index in [2.05, 4.69) is 33.8 Å². The molecule has 2 aromatic heterocycles. The van der Waals surface area contributed by atoms with Gasteiger partial charge >= 0.3 is 0 Å². The maximum absolute atomic E-state index is 13.0. The first kappa shape index (κ1) is 24.4. The molecule has 2 heterocycles. The van der Waals surface area contributed by atoms with Gasteiger partial charge in [-0.25, -0.2) is 0 Å². The van der Waals surface area contributed by atoms with Crippen molar-refractivity contribution in [3.8, 4) is 34.4 Å². The Labute approximate surface area is 208 Å². The number of ketones is 1. The monoisotopic (exact) mass is 493 g/mol. The van der Waals surface area contributed by atoms with Crippen LogP contribution in [-0.2, 0) is 0 Å². The van der Waals surface area contributed by atoms with Crippen LogP contribution in [0.1, 0.15) is 27.3 Å². The van der Waals surface area contributed by atoms with Gasteiger partial charge in [-0.1, -0.05) is 23.9 Å². The molecule has 0 aliphatic rings. The number of aryl methyl sites for hydroxylation is 2. The van der Waals surface area contributed by atoms with E-state index < -0.39 is 0 Å².